The van der Waals surface area contributed by atoms with Crippen LogP contribution in [0, 0.1) is 5.92 Å². The number of aliphatic hydroxyl groups is 1. The average Bonchev–Trinajstić information content (AvgIpc) is 2.86. The Morgan fingerprint density at radius 2 is 2.10 bits per heavy atom. The molecule has 0 spiro atoms. The van der Waals surface area contributed by atoms with Crippen LogP contribution in [0.1, 0.15) is 19.4 Å². The van der Waals surface area contributed by atoms with E-state index in [9.17, 15) is 9.90 Å². The normalized spacial score (nSPS) is 22.9. The smallest absolute Gasteiger partial charge is 0.137 e. The fourth-order valence-electron chi connectivity index (χ4n) is 2.70. The minimum absolute atomic E-state index is 0.151. The Balaban J connectivity index is 2.11. The fraction of sp³-hybridized carbons (Fsp3) is 0.500. The molecular weight excluding hydrogens is 302 g/mol. The van der Waals surface area contributed by atoms with Gasteiger partial charge in [-0.15, -0.1) is 0 Å². The molecule has 1 N–H and O–H groups in total. The van der Waals surface area contributed by atoms with Gasteiger partial charge in [-0.1, -0.05) is 61.2 Å². The Morgan fingerprint density at radius 3 is 2.71 bits per heavy atom. The largest absolute Gasteiger partial charge is 0.390 e. The Morgan fingerprint density at radius 1 is 1.43 bits per heavy atom. The first-order chi connectivity index (χ1) is 10.0. The van der Waals surface area contributed by atoms with E-state index >= 15 is 0 Å². The Hall–Kier alpha value is -0.910. The van der Waals surface area contributed by atoms with Gasteiger partial charge in [-0.05, 0) is 18.9 Å². The number of aliphatic hydroxyl groups excluding tert-OH is 1. The van der Waals surface area contributed by atoms with Crippen molar-refractivity contribution in [1.82, 2.24) is 4.90 Å². The zero-order valence-electron chi connectivity index (χ0n) is 12.3. The second-order valence-corrected chi connectivity index (χ2v) is 7.21. The third-order valence-electron chi connectivity index (χ3n) is 4.00. The monoisotopic (exact) mass is 323 g/mol. The summed E-state index contributed by atoms with van der Waals surface area (Å²) in [6, 6.07) is 10.4. The van der Waals surface area contributed by atoms with Gasteiger partial charge in [0, 0.05) is 17.7 Å². The van der Waals surface area contributed by atoms with Crippen molar-refractivity contribution in [2.75, 3.05) is 5.75 Å². The molecule has 1 heterocycles. The van der Waals surface area contributed by atoms with Gasteiger partial charge >= 0.3 is 0 Å². The van der Waals surface area contributed by atoms with Gasteiger partial charge in [0.15, 0.2) is 0 Å². The van der Waals surface area contributed by atoms with Crippen LogP contribution in [0.2, 0.25) is 0 Å². The van der Waals surface area contributed by atoms with Crippen LogP contribution in [0.5, 0.6) is 0 Å². The molecule has 3 nitrogen and oxygen atoms in total. The summed E-state index contributed by atoms with van der Waals surface area (Å²) in [5.74, 6) is 0.547. The predicted octanol–water partition coefficient (Wildman–Crippen LogP) is 2.52. The minimum Gasteiger partial charge on any atom is -0.390 e. The Labute approximate surface area is 135 Å². The average molecular weight is 323 g/mol. The number of nitrogens with zero attached hydrogens (tertiary/aromatic N) is 1. The van der Waals surface area contributed by atoms with Crippen LogP contribution in [0.15, 0.2) is 30.3 Å². The maximum absolute atomic E-state index is 10.9. The molecule has 5 heteroatoms. The van der Waals surface area contributed by atoms with E-state index < -0.39 is 6.10 Å². The van der Waals surface area contributed by atoms with E-state index in [2.05, 4.69) is 17.0 Å². The predicted molar refractivity (Wildman–Crippen MR) is 91.5 cm³/mol. The maximum atomic E-state index is 10.9. The van der Waals surface area contributed by atoms with Gasteiger partial charge in [0.05, 0.1) is 12.1 Å². The topological polar surface area (TPSA) is 40.5 Å². The number of benzene rings is 1. The van der Waals surface area contributed by atoms with E-state index in [-0.39, 0.29) is 18.0 Å². The number of thioether (sulfide) groups is 1. The highest BCUT2D eigenvalue weighted by molar-refractivity contribution is 8.23. The Kier molecular flexibility index (Phi) is 5.79. The molecule has 1 aromatic rings. The minimum atomic E-state index is -0.697. The molecule has 21 heavy (non-hydrogen) atoms. The van der Waals surface area contributed by atoms with Gasteiger partial charge in [0.25, 0.3) is 0 Å². The highest BCUT2D eigenvalue weighted by atomic mass is 32.2. The van der Waals surface area contributed by atoms with Crippen molar-refractivity contribution < 1.29 is 9.90 Å². The highest BCUT2D eigenvalue weighted by Crippen LogP contribution is 2.30. The highest BCUT2D eigenvalue weighted by Gasteiger charge is 2.36. The van der Waals surface area contributed by atoms with Gasteiger partial charge in [0.2, 0.25) is 0 Å². The number of rotatable bonds is 6. The van der Waals surface area contributed by atoms with Crippen LogP contribution in [0.3, 0.4) is 0 Å². The van der Waals surface area contributed by atoms with E-state index in [4.69, 9.17) is 12.2 Å². The molecule has 1 saturated heterocycles. The molecule has 1 fully saturated rings. The zero-order chi connectivity index (χ0) is 15.4. The van der Waals surface area contributed by atoms with Crippen molar-refractivity contribution in [3.8, 4) is 0 Å². The van der Waals surface area contributed by atoms with Crippen molar-refractivity contribution in [1.29, 1.82) is 0 Å². The molecule has 1 unspecified atom stereocenters. The number of hydrogen-bond acceptors (Lipinski definition) is 4. The zero-order valence-corrected chi connectivity index (χ0v) is 13.9. The summed E-state index contributed by atoms with van der Waals surface area (Å²) < 4.78 is 0.820. The van der Waals surface area contributed by atoms with E-state index in [1.54, 1.807) is 18.7 Å². The van der Waals surface area contributed by atoms with Crippen molar-refractivity contribution >= 4 is 34.6 Å². The van der Waals surface area contributed by atoms with Crippen LogP contribution in [0.25, 0.3) is 0 Å². The van der Waals surface area contributed by atoms with Crippen LogP contribution in [-0.2, 0) is 11.2 Å². The van der Waals surface area contributed by atoms with Crippen LogP contribution in [0.4, 0.5) is 0 Å². The van der Waals surface area contributed by atoms with E-state index in [1.807, 2.05) is 25.1 Å². The van der Waals surface area contributed by atoms with Crippen molar-refractivity contribution in [2.24, 2.45) is 5.92 Å². The summed E-state index contributed by atoms with van der Waals surface area (Å²) in [4.78, 5) is 13.0. The number of aldehydes is 1. The maximum Gasteiger partial charge on any atom is 0.137 e. The van der Waals surface area contributed by atoms with Crippen molar-refractivity contribution in [3.05, 3.63) is 35.9 Å². The number of thiocarbonyl (C=S) groups is 1. The summed E-state index contributed by atoms with van der Waals surface area (Å²) in [5.41, 5.74) is 1.27. The molecular formula is C16H21NO2S2. The molecule has 0 amide bonds. The second kappa shape index (κ2) is 7.38. The lowest BCUT2D eigenvalue weighted by molar-refractivity contribution is -0.114. The lowest BCUT2D eigenvalue weighted by Gasteiger charge is -2.35. The molecule has 2 rings (SSSR count). The molecule has 4 atom stereocenters. The Bertz CT molecular complexity index is 494. The number of carbonyl (C=O) groups excluding carboxylic acids is 1. The van der Waals surface area contributed by atoms with Crippen LogP contribution >= 0.6 is 24.0 Å². The first-order valence-electron chi connectivity index (χ1n) is 7.17. The lowest BCUT2D eigenvalue weighted by Crippen LogP contribution is -2.49. The molecule has 1 aromatic carbocycles. The molecule has 114 valence electrons. The molecule has 0 bridgehead atoms. The standard InChI is InChI=1S/C16H21NO2S2/c1-11(9-18)15(19)12(2)17-14(10-21-16(17)20)8-13-6-4-3-5-7-13/h3-7,9,11-12,14-15,19H,8,10H2,1-2H3/t11-,12?,14-,15-/m0/s1. The quantitative estimate of drug-likeness (QED) is 0.643. The van der Waals surface area contributed by atoms with E-state index in [0.29, 0.717) is 0 Å². The van der Waals surface area contributed by atoms with E-state index in [1.165, 1.54) is 5.56 Å². The molecule has 0 radical (unpaired) electrons. The van der Waals surface area contributed by atoms with Gasteiger partial charge < -0.3 is 14.8 Å². The van der Waals surface area contributed by atoms with Crippen molar-refractivity contribution in [2.45, 2.75) is 38.5 Å². The lowest BCUT2D eigenvalue weighted by atomic mass is 9.97. The van der Waals surface area contributed by atoms with Gasteiger partial charge in [-0.2, -0.15) is 0 Å². The molecule has 0 aromatic heterocycles. The van der Waals surface area contributed by atoms with Gasteiger partial charge in [-0.3, -0.25) is 0 Å². The molecule has 1 aliphatic heterocycles. The molecule has 0 aliphatic carbocycles. The SMILES string of the molecule is CC([C@@H](O)[C@@H](C)C=O)N1C(=S)SC[C@@H]1Cc1ccccc1. The molecule has 1 aliphatic rings. The van der Waals surface area contributed by atoms with E-state index in [0.717, 1.165) is 22.8 Å². The first-order valence-corrected chi connectivity index (χ1v) is 8.56. The summed E-state index contributed by atoms with van der Waals surface area (Å²) in [6.45, 7) is 3.69. The van der Waals surface area contributed by atoms with Crippen molar-refractivity contribution in [3.63, 3.8) is 0 Å². The molecule has 0 saturated carbocycles. The summed E-state index contributed by atoms with van der Waals surface area (Å²) in [5, 5.41) is 10.3. The second-order valence-electron chi connectivity index (χ2n) is 5.55. The number of carbonyl (C=O) groups is 1. The van der Waals surface area contributed by atoms with Gasteiger partial charge in [-0.25, -0.2) is 0 Å². The summed E-state index contributed by atoms with van der Waals surface area (Å²) in [6.07, 6.45) is 1.01. The third-order valence-corrected chi connectivity index (χ3v) is 5.58. The van der Waals surface area contributed by atoms with Gasteiger partial charge in [0.1, 0.15) is 10.6 Å². The van der Waals surface area contributed by atoms with Crippen LogP contribution in [-0.4, -0.2) is 44.6 Å². The summed E-state index contributed by atoms with van der Waals surface area (Å²) >= 11 is 7.10. The van der Waals surface area contributed by atoms with Crippen LogP contribution < -0.4 is 0 Å². The first kappa shape index (κ1) is 16.5. The summed E-state index contributed by atoms with van der Waals surface area (Å²) in [7, 11) is 0. The number of hydrogen-bond donors (Lipinski definition) is 1. The third kappa shape index (κ3) is 3.84. The fourth-order valence-corrected chi connectivity index (χ4v) is 4.30.